The van der Waals surface area contributed by atoms with Gasteiger partial charge >= 0.3 is 0 Å². The largest absolute Gasteiger partial charge is 0.384 e. The van der Waals surface area contributed by atoms with Gasteiger partial charge in [-0.2, -0.15) is 0 Å². The van der Waals surface area contributed by atoms with Crippen LogP contribution < -0.4 is 5.73 Å². The molecule has 0 saturated carbocycles. The number of rotatable bonds is 18. The lowest BCUT2D eigenvalue weighted by atomic mass is 9.94. The van der Waals surface area contributed by atoms with Crippen LogP contribution in [0.4, 0.5) is 0 Å². The maximum absolute atomic E-state index is 11.9. The van der Waals surface area contributed by atoms with Crippen molar-refractivity contribution >= 4 is 5.78 Å². The van der Waals surface area contributed by atoms with E-state index >= 15 is 0 Å². The smallest absolute Gasteiger partial charge is 0.162 e. The topological polar surface area (TPSA) is 63.3 Å². The third kappa shape index (κ3) is 14.5. The number of nitrogens with two attached hydrogens (primary N) is 1. The van der Waals surface area contributed by atoms with Gasteiger partial charge in [-0.15, -0.1) is 0 Å². The van der Waals surface area contributed by atoms with Gasteiger partial charge in [0.1, 0.15) is 6.10 Å². The van der Waals surface area contributed by atoms with Crippen LogP contribution >= 0.6 is 0 Å². The van der Waals surface area contributed by atoms with E-state index in [1.165, 1.54) is 70.6 Å². The van der Waals surface area contributed by atoms with Crippen LogP contribution in [0.3, 0.4) is 0 Å². The van der Waals surface area contributed by atoms with Crippen molar-refractivity contribution in [2.24, 2.45) is 11.7 Å². The molecule has 0 saturated heterocycles. The zero-order valence-electron chi connectivity index (χ0n) is 17.7. The Hall–Kier alpha value is -0.670. The van der Waals surface area contributed by atoms with Crippen molar-refractivity contribution in [3.63, 3.8) is 0 Å². The average molecular weight is 368 g/mol. The molecular weight excluding hydrogens is 322 g/mol. The minimum atomic E-state index is -0.994. The number of aliphatic hydroxyl groups is 1. The molecule has 0 rings (SSSR count). The highest BCUT2D eigenvalue weighted by molar-refractivity contribution is 5.83. The maximum Gasteiger partial charge on any atom is 0.162 e. The molecular formula is C23H45NO2. The fourth-order valence-corrected chi connectivity index (χ4v) is 3.10. The van der Waals surface area contributed by atoms with E-state index in [0.29, 0.717) is 6.42 Å². The lowest BCUT2D eigenvalue weighted by Gasteiger charge is -2.20. The molecule has 0 aromatic carbocycles. The van der Waals surface area contributed by atoms with Gasteiger partial charge < -0.3 is 10.8 Å². The molecule has 154 valence electrons. The summed E-state index contributed by atoms with van der Waals surface area (Å²) in [6, 6.07) is -0.439. The van der Waals surface area contributed by atoms with Crippen molar-refractivity contribution < 1.29 is 9.90 Å². The Morgan fingerprint density at radius 2 is 1.31 bits per heavy atom. The van der Waals surface area contributed by atoms with Crippen LogP contribution in [0.5, 0.6) is 0 Å². The fourth-order valence-electron chi connectivity index (χ4n) is 3.10. The highest BCUT2D eigenvalue weighted by Gasteiger charge is 2.24. The summed E-state index contributed by atoms with van der Waals surface area (Å²) < 4.78 is 0. The minimum absolute atomic E-state index is 0.0937. The van der Waals surface area contributed by atoms with E-state index in [0.717, 1.165) is 12.8 Å². The summed E-state index contributed by atoms with van der Waals surface area (Å²) in [5, 5.41) is 9.89. The first-order valence-corrected chi connectivity index (χ1v) is 11.1. The fraction of sp³-hybridized carbons (Fsp3) is 0.870. The van der Waals surface area contributed by atoms with Crippen LogP contribution in [-0.2, 0) is 4.79 Å². The van der Waals surface area contributed by atoms with Gasteiger partial charge in [0.15, 0.2) is 5.78 Å². The zero-order valence-corrected chi connectivity index (χ0v) is 17.7. The summed E-state index contributed by atoms with van der Waals surface area (Å²) in [5.41, 5.74) is 5.84. The van der Waals surface area contributed by atoms with Crippen molar-refractivity contribution in [1.29, 1.82) is 0 Å². The molecule has 0 aromatic heterocycles. The first-order valence-electron chi connectivity index (χ1n) is 11.1. The second kappa shape index (κ2) is 17.7. The number of allylic oxidation sites excluding steroid dienone is 2. The molecule has 0 spiro atoms. The average Bonchev–Trinajstić information content (AvgIpc) is 2.63. The Morgan fingerprint density at radius 1 is 0.846 bits per heavy atom. The quantitative estimate of drug-likeness (QED) is 0.233. The van der Waals surface area contributed by atoms with Gasteiger partial charge in [0, 0.05) is 12.5 Å². The van der Waals surface area contributed by atoms with Crippen molar-refractivity contribution in [1.82, 2.24) is 0 Å². The Balaban J connectivity index is 3.40. The number of Topliss-reactive ketones (excluding diaryl/α,β-unsaturated/α-hetero) is 1. The first-order chi connectivity index (χ1) is 12.5. The second-order valence-electron chi connectivity index (χ2n) is 8.07. The number of ketones is 1. The van der Waals surface area contributed by atoms with Crippen LogP contribution in [0.1, 0.15) is 111 Å². The Kier molecular flexibility index (Phi) is 17.3. The Morgan fingerprint density at radius 3 is 1.81 bits per heavy atom. The molecule has 0 aliphatic heterocycles. The van der Waals surface area contributed by atoms with E-state index in [1.54, 1.807) is 0 Å². The summed E-state index contributed by atoms with van der Waals surface area (Å²) in [4.78, 5) is 11.9. The third-order valence-corrected chi connectivity index (χ3v) is 5.15. The SMILES string of the molecule is CCCCCCCC/C=C\CCCCCCCC(=O)C(O)[C@@H](N)C(C)C. The van der Waals surface area contributed by atoms with E-state index in [1.807, 2.05) is 13.8 Å². The van der Waals surface area contributed by atoms with Crippen molar-refractivity contribution in [2.75, 3.05) is 0 Å². The van der Waals surface area contributed by atoms with Gasteiger partial charge in [0.25, 0.3) is 0 Å². The van der Waals surface area contributed by atoms with E-state index < -0.39 is 12.1 Å². The van der Waals surface area contributed by atoms with Gasteiger partial charge in [-0.3, -0.25) is 4.79 Å². The summed E-state index contributed by atoms with van der Waals surface area (Å²) >= 11 is 0. The normalized spacial score (nSPS) is 14.2. The zero-order chi connectivity index (χ0) is 19.6. The van der Waals surface area contributed by atoms with Crippen LogP contribution in [0, 0.1) is 5.92 Å². The Bertz CT molecular complexity index is 352. The van der Waals surface area contributed by atoms with E-state index in [-0.39, 0.29) is 11.7 Å². The van der Waals surface area contributed by atoms with Crippen LogP contribution in [-0.4, -0.2) is 23.0 Å². The van der Waals surface area contributed by atoms with Gasteiger partial charge in [0.05, 0.1) is 0 Å². The molecule has 2 atom stereocenters. The molecule has 0 amide bonds. The highest BCUT2D eigenvalue weighted by atomic mass is 16.3. The molecule has 0 bridgehead atoms. The molecule has 0 fully saturated rings. The maximum atomic E-state index is 11.9. The van der Waals surface area contributed by atoms with E-state index in [2.05, 4.69) is 19.1 Å². The number of aliphatic hydroxyl groups excluding tert-OH is 1. The minimum Gasteiger partial charge on any atom is -0.384 e. The van der Waals surface area contributed by atoms with Crippen LogP contribution in [0.25, 0.3) is 0 Å². The van der Waals surface area contributed by atoms with Gasteiger partial charge in [-0.25, -0.2) is 0 Å². The molecule has 0 heterocycles. The number of carbonyl (C=O) groups excluding carboxylic acids is 1. The monoisotopic (exact) mass is 367 g/mol. The second-order valence-corrected chi connectivity index (χ2v) is 8.07. The number of hydrogen-bond donors (Lipinski definition) is 2. The number of hydrogen-bond acceptors (Lipinski definition) is 3. The van der Waals surface area contributed by atoms with Crippen LogP contribution in [0.15, 0.2) is 12.2 Å². The molecule has 3 nitrogen and oxygen atoms in total. The summed E-state index contributed by atoms with van der Waals surface area (Å²) in [6.07, 6.45) is 20.3. The Labute approximate surface area is 162 Å². The molecule has 3 N–H and O–H groups in total. The molecule has 3 heteroatoms. The van der Waals surface area contributed by atoms with Crippen molar-refractivity contribution in [3.8, 4) is 0 Å². The predicted octanol–water partition coefficient (Wildman–Crippen LogP) is 5.94. The highest BCUT2D eigenvalue weighted by Crippen LogP contribution is 2.12. The summed E-state index contributed by atoms with van der Waals surface area (Å²) in [6.45, 7) is 6.13. The lowest BCUT2D eigenvalue weighted by Crippen LogP contribution is -2.44. The predicted molar refractivity (Wildman–Crippen MR) is 113 cm³/mol. The molecule has 1 unspecified atom stereocenters. The molecule has 0 radical (unpaired) electrons. The van der Waals surface area contributed by atoms with Gasteiger partial charge in [-0.1, -0.05) is 84.3 Å². The summed E-state index contributed by atoms with van der Waals surface area (Å²) in [7, 11) is 0. The van der Waals surface area contributed by atoms with Crippen molar-refractivity contribution in [3.05, 3.63) is 12.2 Å². The first kappa shape index (κ1) is 25.3. The van der Waals surface area contributed by atoms with Crippen molar-refractivity contribution in [2.45, 2.75) is 123 Å². The standard InChI is InChI=1S/C23H45NO2/c1-4-5-6-7-8-9-10-11-12-13-14-15-16-17-18-19-21(25)23(26)22(24)20(2)3/h11-12,20,22-23,26H,4-10,13-19,24H2,1-3H3/b12-11-/t22-,23?/m0/s1. The molecule has 26 heavy (non-hydrogen) atoms. The van der Waals surface area contributed by atoms with E-state index in [9.17, 15) is 9.90 Å². The van der Waals surface area contributed by atoms with Gasteiger partial charge in [-0.05, 0) is 38.0 Å². The third-order valence-electron chi connectivity index (χ3n) is 5.15. The van der Waals surface area contributed by atoms with Gasteiger partial charge in [0.2, 0.25) is 0 Å². The molecule has 0 aromatic rings. The number of carbonyl (C=O) groups is 1. The lowest BCUT2D eigenvalue weighted by molar-refractivity contribution is -0.128. The summed E-state index contributed by atoms with van der Waals surface area (Å²) in [5.74, 6) is 0.0342. The van der Waals surface area contributed by atoms with Crippen LogP contribution in [0.2, 0.25) is 0 Å². The van der Waals surface area contributed by atoms with E-state index in [4.69, 9.17) is 5.73 Å². The molecule has 0 aliphatic rings. The number of unbranched alkanes of at least 4 members (excludes halogenated alkanes) is 11. The molecule has 0 aliphatic carbocycles.